The number of methoxy groups -OCH3 is 1. The van der Waals surface area contributed by atoms with Crippen molar-refractivity contribution in [3.8, 4) is 17.1 Å². The molecule has 4 aromatic rings. The summed E-state index contributed by atoms with van der Waals surface area (Å²) in [6.07, 6.45) is 1.67. The Morgan fingerprint density at radius 2 is 1.89 bits per heavy atom. The number of ether oxygens (including phenoxy) is 1. The molecule has 0 amide bonds. The molecule has 0 atom stereocenters. The van der Waals surface area contributed by atoms with Gasteiger partial charge in [0.15, 0.2) is 5.69 Å². The van der Waals surface area contributed by atoms with Crippen molar-refractivity contribution in [1.29, 1.82) is 5.41 Å². The third kappa shape index (κ3) is 5.35. The van der Waals surface area contributed by atoms with E-state index in [-0.39, 0.29) is 22.8 Å². The highest BCUT2D eigenvalue weighted by molar-refractivity contribution is 5.98. The molecule has 0 radical (unpaired) electrons. The first-order chi connectivity index (χ1) is 17.2. The molecule has 2 aromatic carbocycles. The third-order valence-corrected chi connectivity index (χ3v) is 5.07. The fourth-order valence-electron chi connectivity index (χ4n) is 3.46. The minimum absolute atomic E-state index is 0.0715. The van der Waals surface area contributed by atoms with Gasteiger partial charge in [-0.25, -0.2) is 9.36 Å². The monoisotopic (exact) mass is 494 g/mol. The average Bonchev–Trinajstić information content (AvgIpc) is 3.38. The predicted molar refractivity (Wildman–Crippen MR) is 130 cm³/mol. The number of benzene rings is 2. The van der Waals surface area contributed by atoms with Gasteiger partial charge in [0.05, 0.1) is 24.1 Å². The zero-order valence-corrected chi connectivity index (χ0v) is 19.2. The molecule has 11 heteroatoms. The number of anilines is 1. The van der Waals surface area contributed by atoms with E-state index in [0.29, 0.717) is 11.4 Å². The van der Waals surface area contributed by atoms with Crippen LogP contribution in [0.25, 0.3) is 17.1 Å². The number of hydrogen-bond donors (Lipinski definition) is 2. The molecule has 0 unspecified atom stereocenters. The van der Waals surface area contributed by atoms with Crippen LogP contribution >= 0.6 is 0 Å². The Morgan fingerprint density at radius 1 is 1.08 bits per heavy atom. The van der Waals surface area contributed by atoms with Crippen LogP contribution in [0.15, 0.2) is 84.1 Å². The molecule has 0 saturated heterocycles. The summed E-state index contributed by atoms with van der Waals surface area (Å²) >= 11 is 0. The summed E-state index contributed by atoms with van der Waals surface area (Å²) in [5.41, 5.74) is 0.0855. The standard InChI is InChI=1S/C25H21F3N6O2/c1-16(29)13-20(31-18-6-3-5-17(14-18)25(26,27)28)24-22(35)9-12-34(32-24)21-8-7-19(15-23(21)36-2)33-11-4-10-30-33/h3-15,29,31H,1-2H3/b20-13-,29-16?. The summed E-state index contributed by atoms with van der Waals surface area (Å²) in [4.78, 5) is 12.8. The summed E-state index contributed by atoms with van der Waals surface area (Å²) in [6, 6.07) is 12.9. The zero-order valence-electron chi connectivity index (χ0n) is 19.2. The van der Waals surface area contributed by atoms with Gasteiger partial charge in [0, 0.05) is 42.1 Å². The van der Waals surface area contributed by atoms with Crippen molar-refractivity contribution in [2.75, 3.05) is 12.4 Å². The lowest BCUT2D eigenvalue weighted by Crippen LogP contribution is -2.19. The molecule has 0 aliphatic heterocycles. The molecule has 2 heterocycles. The Hall–Kier alpha value is -4.67. The highest BCUT2D eigenvalue weighted by Crippen LogP contribution is 2.31. The van der Waals surface area contributed by atoms with E-state index in [1.165, 1.54) is 49.2 Å². The van der Waals surface area contributed by atoms with Gasteiger partial charge >= 0.3 is 6.18 Å². The maximum Gasteiger partial charge on any atom is 0.416 e. The van der Waals surface area contributed by atoms with E-state index in [2.05, 4.69) is 15.5 Å². The lowest BCUT2D eigenvalue weighted by Gasteiger charge is -2.16. The van der Waals surface area contributed by atoms with Crippen molar-refractivity contribution < 1.29 is 17.9 Å². The minimum Gasteiger partial charge on any atom is -0.494 e. The van der Waals surface area contributed by atoms with Gasteiger partial charge < -0.3 is 15.5 Å². The van der Waals surface area contributed by atoms with Crippen molar-refractivity contribution >= 4 is 17.1 Å². The van der Waals surface area contributed by atoms with Gasteiger partial charge in [0.1, 0.15) is 11.4 Å². The van der Waals surface area contributed by atoms with Crippen molar-refractivity contribution in [2.45, 2.75) is 13.1 Å². The Bertz CT molecular complexity index is 1490. The topological polar surface area (TPSA) is 97.8 Å². The Morgan fingerprint density at radius 3 is 2.56 bits per heavy atom. The Kier molecular flexibility index (Phi) is 6.73. The van der Waals surface area contributed by atoms with Crippen LogP contribution in [0.2, 0.25) is 0 Å². The lowest BCUT2D eigenvalue weighted by atomic mass is 10.1. The first-order valence-corrected chi connectivity index (χ1v) is 10.7. The highest BCUT2D eigenvalue weighted by Gasteiger charge is 2.30. The van der Waals surface area contributed by atoms with E-state index >= 15 is 0 Å². The molecule has 2 N–H and O–H groups in total. The van der Waals surface area contributed by atoms with E-state index in [0.717, 1.165) is 17.8 Å². The molecular formula is C25H21F3N6O2. The second-order valence-corrected chi connectivity index (χ2v) is 7.72. The second kappa shape index (κ2) is 9.90. The maximum atomic E-state index is 13.2. The number of halogens is 3. The second-order valence-electron chi connectivity index (χ2n) is 7.72. The molecule has 0 fully saturated rings. The number of nitrogens with zero attached hydrogens (tertiary/aromatic N) is 4. The van der Waals surface area contributed by atoms with E-state index in [9.17, 15) is 18.0 Å². The highest BCUT2D eigenvalue weighted by atomic mass is 19.4. The molecule has 36 heavy (non-hydrogen) atoms. The molecule has 184 valence electrons. The van der Waals surface area contributed by atoms with Gasteiger partial charge in [0.25, 0.3) is 0 Å². The normalized spacial score (nSPS) is 11.9. The molecule has 0 aliphatic carbocycles. The van der Waals surface area contributed by atoms with Crippen molar-refractivity contribution in [1.82, 2.24) is 19.6 Å². The van der Waals surface area contributed by atoms with Crippen molar-refractivity contribution in [3.63, 3.8) is 0 Å². The molecular weight excluding hydrogens is 473 g/mol. The van der Waals surface area contributed by atoms with Crippen LogP contribution in [0.3, 0.4) is 0 Å². The van der Waals surface area contributed by atoms with Crippen LogP contribution in [-0.2, 0) is 6.18 Å². The van der Waals surface area contributed by atoms with E-state index in [1.807, 2.05) is 0 Å². The van der Waals surface area contributed by atoms with Crippen LogP contribution in [0, 0.1) is 5.41 Å². The zero-order chi connectivity index (χ0) is 25.9. The van der Waals surface area contributed by atoms with Crippen LogP contribution in [-0.4, -0.2) is 32.4 Å². The molecule has 0 spiro atoms. The Balaban J connectivity index is 1.76. The van der Waals surface area contributed by atoms with Gasteiger partial charge in [-0.05, 0) is 49.4 Å². The molecule has 4 rings (SSSR count). The summed E-state index contributed by atoms with van der Waals surface area (Å²) < 4.78 is 48.1. The quantitative estimate of drug-likeness (QED) is 0.355. The van der Waals surface area contributed by atoms with E-state index in [4.69, 9.17) is 10.1 Å². The van der Waals surface area contributed by atoms with Crippen molar-refractivity contribution in [3.05, 3.63) is 101 Å². The van der Waals surface area contributed by atoms with Crippen LogP contribution in [0.1, 0.15) is 18.2 Å². The van der Waals surface area contributed by atoms with Gasteiger partial charge in [-0.2, -0.15) is 23.4 Å². The largest absolute Gasteiger partial charge is 0.494 e. The number of hydrogen-bond acceptors (Lipinski definition) is 6. The average molecular weight is 494 g/mol. The molecule has 0 aliphatic rings. The predicted octanol–water partition coefficient (Wildman–Crippen LogP) is 4.94. The minimum atomic E-state index is -4.53. The Labute approximate surface area is 203 Å². The van der Waals surface area contributed by atoms with Crippen LogP contribution in [0.4, 0.5) is 18.9 Å². The number of nitrogens with one attached hydrogen (secondary N) is 2. The first kappa shape index (κ1) is 24.5. The number of allylic oxidation sites excluding steroid dienone is 1. The van der Waals surface area contributed by atoms with Gasteiger partial charge in [0.2, 0.25) is 5.43 Å². The van der Waals surface area contributed by atoms with Crippen molar-refractivity contribution in [2.24, 2.45) is 0 Å². The van der Waals surface area contributed by atoms with Crippen LogP contribution < -0.4 is 15.5 Å². The maximum absolute atomic E-state index is 13.2. The smallest absolute Gasteiger partial charge is 0.416 e. The molecule has 0 saturated carbocycles. The van der Waals surface area contributed by atoms with E-state index in [1.54, 1.807) is 41.3 Å². The SMILES string of the molecule is COc1cc(-n2cccn2)ccc1-n1ccc(=O)c(/C(=C/C(C)=N)Nc2cccc(C(F)(F)F)c2)n1. The number of alkyl halides is 3. The van der Waals surface area contributed by atoms with Gasteiger partial charge in [-0.15, -0.1) is 0 Å². The summed E-state index contributed by atoms with van der Waals surface area (Å²) in [5.74, 6) is 0.449. The number of aromatic nitrogens is 4. The molecule has 2 aromatic heterocycles. The number of rotatable bonds is 7. The fraction of sp³-hybridized carbons (Fsp3) is 0.120. The summed E-state index contributed by atoms with van der Waals surface area (Å²) in [6.45, 7) is 1.48. The third-order valence-electron chi connectivity index (χ3n) is 5.07. The molecule has 0 bridgehead atoms. The summed E-state index contributed by atoms with van der Waals surface area (Å²) in [5, 5.41) is 19.3. The van der Waals surface area contributed by atoms with Crippen LogP contribution in [0.5, 0.6) is 5.75 Å². The first-order valence-electron chi connectivity index (χ1n) is 10.7. The van der Waals surface area contributed by atoms with Gasteiger partial charge in [-0.1, -0.05) is 6.07 Å². The lowest BCUT2D eigenvalue weighted by molar-refractivity contribution is -0.137. The van der Waals surface area contributed by atoms with Gasteiger partial charge in [-0.3, -0.25) is 4.79 Å². The fourth-order valence-corrected chi connectivity index (χ4v) is 3.46. The summed E-state index contributed by atoms with van der Waals surface area (Å²) in [7, 11) is 1.49. The molecule has 8 nitrogen and oxygen atoms in total. The van der Waals surface area contributed by atoms with E-state index < -0.39 is 17.2 Å².